The molecule has 2 N–H and O–H groups in total. The van der Waals surface area contributed by atoms with E-state index in [1.807, 2.05) is 25.1 Å². The lowest BCUT2D eigenvalue weighted by Gasteiger charge is -2.36. The van der Waals surface area contributed by atoms with Crippen LogP contribution in [0.2, 0.25) is 0 Å². The van der Waals surface area contributed by atoms with Gasteiger partial charge in [0.1, 0.15) is 0 Å². The Labute approximate surface area is 129 Å². The van der Waals surface area contributed by atoms with Crippen molar-refractivity contribution in [3.63, 3.8) is 0 Å². The van der Waals surface area contributed by atoms with E-state index in [4.69, 9.17) is 0 Å². The first-order valence-electron chi connectivity index (χ1n) is 7.62. The largest absolute Gasteiger partial charge is 0.388 e. The number of amides is 1. The number of nitrogens with zero attached hydrogens (tertiary/aromatic N) is 3. The fraction of sp³-hybridized carbons (Fsp3) is 0.438. The molecule has 2 aromatic heterocycles. The number of carbonyl (C=O) groups is 1. The van der Waals surface area contributed by atoms with Gasteiger partial charge in [0.15, 0.2) is 5.82 Å². The van der Waals surface area contributed by atoms with E-state index in [-0.39, 0.29) is 5.91 Å². The molecule has 3 rings (SSSR count). The molecule has 2 heterocycles. The van der Waals surface area contributed by atoms with Crippen LogP contribution in [-0.2, 0) is 6.42 Å². The Kier molecular flexibility index (Phi) is 3.94. The molecule has 6 heteroatoms. The fourth-order valence-corrected chi connectivity index (χ4v) is 2.68. The van der Waals surface area contributed by atoms with E-state index < -0.39 is 5.60 Å². The predicted molar refractivity (Wildman–Crippen MR) is 81.9 cm³/mol. The van der Waals surface area contributed by atoms with Crippen LogP contribution in [0.15, 0.2) is 30.6 Å². The van der Waals surface area contributed by atoms with Gasteiger partial charge in [0, 0.05) is 12.7 Å². The van der Waals surface area contributed by atoms with Gasteiger partial charge < -0.3 is 10.4 Å². The maximum Gasteiger partial charge on any atom is 0.254 e. The van der Waals surface area contributed by atoms with E-state index in [1.54, 1.807) is 17.1 Å². The quantitative estimate of drug-likeness (QED) is 0.876. The maximum absolute atomic E-state index is 12.4. The Morgan fingerprint density at radius 2 is 2.27 bits per heavy atom. The zero-order valence-corrected chi connectivity index (χ0v) is 12.6. The molecule has 6 nitrogen and oxygen atoms in total. The first kappa shape index (κ1) is 14.7. The molecule has 0 bridgehead atoms. The van der Waals surface area contributed by atoms with Crippen LogP contribution in [0.1, 0.15) is 42.2 Å². The summed E-state index contributed by atoms with van der Waals surface area (Å²) in [6.45, 7) is 2.27. The van der Waals surface area contributed by atoms with Crippen LogP contribution in [-0.4, -0.2) is 37.9 Å². The summed E-state index contributed by atoms with van der Waals surface area (Å²) in [4.78, 5) is 16.6. The summed E-state index contributed by atoms with van der Waals surface area (Å²) in [6.07, 6.45) is 6.45. The molecule has 22 heavy (non-hydrogen) atoms. The molecule has 1 fully saturated rings. The molecule has 1 amide bonds. The summed E-state index contributed by atoms with van der Waals surface area (Å²) in [5, 5.41) is 17.2. The smallest absolute Gasteiger partial charge is 0.254 e. The van der Waals surface area contributed by atoms with Gasteiger partial charge in [-0.1, -0.05) is 13.0 Å². The van der Waals surface area contributed by atoms with Crippen molar-refractivity contribution in [1.29, 1.82) is 0 Å². The van der Waals surface area contributed by atoms with Crippen LogP contribution in [0, 0.1) is 0 Å². The third kappa shape index (κ3) is 2.74. The predicted octanol–water partition coefficient (Wildman–Crippen LogP) is 1.47. The first-order chi connectivity index (χ1) is 10.6. The fourth-order valence-electron chi connectivity index (χ4n) is 2.68. The molecule has 0 aromatic carbocycles. The van der Waals surface area contributed by atoms with Gasteiger partial charge in [0.05, 0.1) is 23.1 Å². The highest BCUT2D eigenvalue weighted by Crippen LogP contribution is 2.30. The normalized spacial score (nSPS) is 16.1. The number of hydrogen-bond acceptors (Lipinski definition) is 4. The standard InChI is InChI=1S/C16H20N4O2/c1-2-13-12(15(21)18-11-16(22)7-5-8-16)10-19-20(13)14-6-3-4-9-17-14/h3-4,6,9-10,22H,2,5,7-8,11H2,1H3,(H,18,21). The number of carbonyl (C=O) groups excluding carboxylic acids is 1. The van der Waals surface area contributed by atoms with Crippen LogP contribution < -0.4 is 5.32 Å². The van der Waals surface area contributed by atoms with Gasteiger partial charge >= 0.3 is 0 Å². The first-order valence-corrected chi connectivity index (χ1v) is 7.62. The number of aromatic nitrogens is 3. The van der Waals surface area contributed by atoms with E-state index in [0.29, 0.717) is 24.3 Å². The van der Waals surface area contributed by atoms with Crippen LogP contribution in [0.5, 0.6) is 0 Å². The van der Waals surface area contributed by atoms with Gasteiger partial charge in [0.25, 0.3) is 5.91 Å². The molecular formula is C16H20N4O2. The van der Waals surface area contributed by atoms with Crippen molar-refractivity contribution in [3.8, 4) is 5.82 Å². The summed E-state index contributed by atoms with van der Waals surface area (Å²) < 4.78 is 1.69. The summed E-state index contributed by atoms with van der Waals surface area (Å²) in [5.41, 5.74) is 0.631. The number of aliphatic hydroxyl groups is 1. The van der Waals surface area contributed by atoms with Crippen LogP contribution in [0.4, 0.5) is 0 Å². The van der Waals surface area contributed by atoms with E-state index in [1.165, 1.54) is 0 Å². The Balaban J connectivity index is 1.79. The molecule has 0 unspecified atom stereocenters. The number of pyridine rings is 1. The molecule has 0 saturated heterocycles. The van der Waals surface area contributed by atoms with Crippen molar-refractivity contribution in [3.05, 3.63) is 41.9 Å². The average molecular weight is 300 g/mol. The van der Waals surface area contributed by atoms with Gasteiger partial charge in [0.2, 0.25) is 0 Å². The third-order valence-corrected chi connectivity index (χ3v) is 4.18. The Morgan fingerprint density at radius 3 is 2.86 bits per heavy atom. The van der Waals surface area contributed by atoms with Gasteiger partial charge in [-0.25, -0.2) is 9.67 Å². The number of rotatable bonds is 5. The lowest BCUT2D eigenvalue weighted by molar-refractivity contribution is -0.0300. The minimum absolute atomic E-state index is 0.195. The summed E-state index contributed by atoms with van der Waals surface area (Å²) >= 11 is 0. The lowest BCUT2D eigenvalue weighted by Crippen LogP contribution is -2.47. The van der Waals surface area contributed by atoms with E-state index in [0.717, 1.165) is 25.0 Å². The molecule has 1 saturated carbocycles. The number of nitrogens with one attached hydrogen (secondary N) is 1. The van der Waals surface area contributed by atoms with Gasteiger partial charge in [-0.3, -0.25) is 4.79 Å². The molecule has 1 aliphatic rings. The average Bonchev–Trinajstić information content (AvgIpc) is 2.95. The minimum atomic E-state index is -0.723. The van der Waals surface area contributed by atoms with Crippen molar-refractivity contribution in [2.45, 2.75) is 38.2 Å². The Morgan fingerprint density at radius 1 is 1.45 bits per heavy atom. The van der Waals surface area contributed by atoms with E-state index >= 15 is 0 Å². The highest BCUT2D eigenvalue weighted by atomic mass is 16.3. The van der Waals surface area contributed by atoms with E-state index in [9.17, 15) is 9.90 Å². The zero-order chi connectivity index (χ0) is 15.6. The topological polar surface area (TPSA) is 80.0 Å². The van der Waals surface area contributed by atoms with Crippen molar-refractivity contribution in [2.75, 3.05) is 6.54 Å². The van der Waals surface area contributed by atoms with Crippen molar-refractivity contribution in [1.82, 2.24) is 20.1 Å². The molecular weight excluding hydrogens is 280 g/mol. The van der Waals surface area contributed by atoms with Crippen molar-refractivity contribution >= 4 is 5.91 Å². The van der Waals surface area contributed by atoms with Crippen molar-refractivity contribution < 1.29 is 9.90 Å². The van der Waals surface area contributed by atoms with Crippen molar-refractivity contribution in [2.24, 2.45) is 0 Å². The van der Waals surface area contributed by atoms with Gasteiger partial charge in [-0.15, -0.1) is 0 Å². The molecule has 0 spiro atoms. The van der Waals surface area contributed by atoms with Crippen LogP contribution >= 0.6 is 0 Å². The Bertz CT molecular complexity index is 662. The summed E-state index contributed by atoms with van der Waals surface area (Å²) in [7, 11) is 0. The number of hydrogen-bond donors (Lipinski definition) is 2. The Hall–Kier alpha value is -2.21. The zero-order valence-electron chi connectivity index (χ0n) is 12.6. The molecule has 1 aliphatic carbocycles. The van der Waals surface area contributed by atoms with E-state index in [2.05, 4.69) is 15.4 Å². The lowest BCUT2D eigenvalue weighted by atomic mass is 9.80. The second kappa shape index (κ2) is 5.88. The second-order valence-electron chi connectivity index (χ2n) is 5.72. The minimum Gasteiger partial charge on any atom is -0.388 e. The van der Waals surface area contributed by atoms with Gasteiger partial charge in [-0.05, 0) is 37.8 Å². The molecule has 116 valence electrons. The second-order valence-corrected chi connectivity index (χ2v) is 5.72. The van der Waals surface area contributed by atoms with Crippen LogP contribution in [0.3, 0.4) is 0 Å². The van der Waals surface area contributed by atoms with Crippen LogP contribution in [0.25, 0.3) is 5.82 Å². The summed E-state index contributed by atoms with van der Waals surface area (Å²) in [6, 6.07) is 5.58. The molecule has 0 atom stereocenters. The highest BCUT2D eigenvalue weighted by Gasteiger charge is 2.34. The third-order valence-electron chi connectivity index (χ3n) is 4.18. The molecule has 0 aliphatic heterocycles. The molecule has 2 aromatic rings. The molecule has 0 radical (unpaired) electrons. The monoisotopic (exact) mass is 300 g/mol. The maximum atomic E-state index is 12.4. The highest BCUT2D eigenvalue weighted by molar-refractivity contribution is 5.95. The van der Waals surface area contributed by atoms with Gasteiger partial charge in [-0.2, -0.15) is 5.10 Å². The SMILES string of the molecule is CCc1c(C(=O)NCC2(O)CCC2)cnn1-c1ccccn1. The summed E-state index contributed by atoms with van der Waals surface area (Å²) in [5.74, 6) is 0.496.